The van der Waals surface area contributed by atoms with Gasteiger partial charge in [0.05, 0.1) is 5.56 Å². The number of hydrogen-bond acceptors (Lipinski definition) is 3. The molecule has 23 heavy (non-hydrogen) atoms. The molecule has 1 aromatic carbocycles. The van der Waals surface area contributed by atoms with Crippen molar-refractivity contribution in [1.82, 2.24) is 0 Å². The average molecular weight is 320 g/mol. The van der Waals surface area contributed by atoms with E-state index in [0.717, 1.165) is 12.8 Å². The van der Waals surface area contributed by atoms with Gasteiger partial charge in [-0.15, -0.1) is 0 Å². The van der Waals surface area contributed by atoms with Crippen molar-refractivity contribution in [3.63, 3.8) is 0 Å². The van der Waals surface area contributed by atoms with Crippen molar-refractivity contribution in [3.05, 3.63) is 23.8 Å². The van der Waals surface area contributed by atoms with E-state index < -0.39 is 0 Å². The van der Waals surface area contributed by atoms with Gasteiger partial charge in [0, 0.05) is 6.42 Å². The van der Waals surface area contributed by atoms with Gasteiger partial charge in [-0.2, -0.15) is 0 Å². The summed E-state index contributed by atoms with van der Waals surface area (Å²) in [4.78, 5) is 12.0. The molecule has 0 unspecified atom stereocenters. The first-order valence-corrected chi connectivity index (χ1v) is 9.20. The highest BCUT2D eigenvalue weighted by molar-refractivity contribution is 5.98. The molecular formula is C20H32O3. The smallest absolute Gasteiger partial charge is 0.166 e. The standard InChI is InChI=1S/C20H32O3/c1-2-3-4-5-6-7-8-9-10-11-12-13-19(22)18-16-17(21)14-15-20(18)23/h14-16,21,23H,2-13H2,1H3. The zero-order chi connectivity index (χ0) is 16.9. The third-order valence-corrected chi connectivity index (χ3v) is 4.29. The van der Waals surface area contributed by atoms with Crippen LogP contribution in [0.15, 0.2) is 18.2 Å². The molecule has 1 rings (SSSR count). The van der Waals surface area contributed by atoms with Crippen LogP contribution in [-0.2, 0) is 0 Å². The first kappa shape index (κ1) is 19.5. The lowest BCUT2D eigenvalue weighted by Gasteiger charge is -2.05. The Kier molecular flexibility index (Phi) is 10.2. The molecule has 0 fully saturated rings. The quantitative estimate of drug-likeness (QED) is 0.267. The van der Waals surface area contributed by atoms with Crippen LogP contribution in [0.2, 0.25) is 0 Å². The summed E-state index contributed by atoms with van der Waals surface area (Å²) >= 11 is 0. The third-order valence-electron chi connectivity index (χ3n) is 4.29. The van der Waals surface area contributed by atoms with Crippen LogP contribution < -0.4 is 0 Å². The van der Waals surface area contributed by atoms with E-state index >= 15 is 0 Å². The molecule has 0 saturated heterocycles. The van der Waals surface area contributed by atoms with Gasteiger partial charge in [0.25, 0.3) is 0 Å². The molecule has 0 amide bonds. The largest absolute Gasteiger partial charge is 0.508 e. The Bertz CT molecular complexity index is 454. The lowest BCUT2D eigenvalue weighted by atomic mass is 10.0. The first-order valence-electron chi connectivity index (χ1n) is 9.20. The van der Waals surface area contributed by atoms with Crippen LogP contribution >= 0.6 is 0 Å². The van der Waals surface area contributed by atoms with Gasteiger partial charge in [-0.25, -0.2) is 0 Å². The minimum Gasteiger partial charge on any atom is -0.508 e. The van der Waals surface area contributed by atoms with E-state index in [4.69, 9.17) is 0 Å². The molecule has 0 radical (unpaired) electrons. The Morgan fingerprint density at radius 3 is 1.91 bits per heavy atom. The Morgan fingerprint density at radius 2 is 1.35 bits per heavy atom. The predicted octanol–water partition coefficient (Wildman–Crippen LogP) is 5.98. The normalized spacial score (nSPS) is 10.8. The van der Waals surface area contributed by atoms with Crippen molar-refractivity contribution in [2.24, 2.45) is 0 Å². The van der Waals surface area contributed by atoms with Gasteiger partial charge in [-0.05, 0) is 24.6 Å². The topological polar surface area (TPSA) is 57.5 Å². The third kappa shape index (κ3) is 8.63. The predicted molar refractivity (Wildman–Crippen MR) is 95.2 cm³/mol. The van der Waals surface area contributed by atoms with E-state index in [1.165, 1.54) is 76.0 Å². The maximum absolute atomic E-state index is 12.0. The van der Waals surface area contributed by atoms with Crippen molar-refractivity contribution >= 4 is 5.78 Å². The molecule has 1 aromatic rings. The number of carbonyl (C=O) groups is 1. The fourth-order valence-corrected chi connectivity index (χ4v) is 2.83. The van der Waals surface area contributed by atoms with E-state index in [9.17, 15) is 15.0 Å². The van der Waals surface area contributed by atoms with Crippen molar-refractivity contribution in [3.8, 4) is 11.5 Å². The fraction of sp³-hybridized carbons (Fsp3) is 0.650. The van der Waals surface area contributed by atoms with E-state index in [1.807, 2.05) is 0 Å². The van der Waals surface area contributed by atoms with Crippen LogP contribution in [0.25, 0.3) is 0 Å². The molecule has 0 saturated carbocycles. The molecule has 0 aliphatic heterocycles. The maximum atomic E-state index is 12.0. The van der Waals surface area contributed by atoms with Crippen LogP contribution in [0.5, 0.6) is 11.5 Å². The summed E-state index contributed by atoms with van der Waals surface area (Å²) in [7, 11) is 0. The number of carbonyl (C=O) groups excluding carboxylic acids is 1. The Hall–Kier alpha value is -1.51. The number of hydrogen-bond donors (Lipinski definition) is 2. The van der Waals surface area contributed by atoms with Crippen molar-refractivity contribution in [2.45, 2.75) is 84.0 Å². The van der Waals surface area contributed by atoms with E-state index in [-0.39, 0.29) is 22.8 Å². The van der Waals surface area contributed by atoms with E-state index in [2.05, 4.69) is 6.92 Å². The van der Waals surface area contributed by atoms with Crippen molar-refractivity contribution in [1.29, 1.82) is 0 Å². The molecule has 0 aliphatic carbocycles. The molecule has 3 heteroatoms. The highest BCUT2D eigenvalue weighted by Gasteiger charge is 2.11. The molecule has 0 spiro atoms. The average Bonchev–Trinajstić information content (AvgIpc) is 2.54. The lowest BCUT2D eigenvalue weighted by molar-refractivity contribution is 0.0976. The number of phenols is 2. The molecule has 0 aliphatic rings. The fourth-order valence-electron chi connectivity index (χ4n) is 2.83. The van der Waals surface area contributed by atoms with Crippen LogP contribution in [-0.4, -0.2) is 16.0 Å². The number of Topliss-reactive ketones (excluding diaryl/α,β-unsaturated/α-hetero) is 1. The van der Waals surface area contributed by atoms with Gasteiger partial charge in [0.15, 0.2) is 5.78 Å². The van der Waals surface area contributed by atoms with Gasteiger partial charge in [0.2, 0.25) is 0 Å². The minimum absolute atomic E-state index is 0.0186. The van der Waals surface area contributed by atoms with Crippen molar-refractivity contribution < 1.29 is 15.0 Å². The zero-order valence-electron chi connectivity index (χ0n) is 14.5. The van der Waals surface area contributed by atoms with Crippen LogP contribution in [0.3, 0.4) is 0 Å². The second kappa shape index (κ2) is 12.0. The summed E-state index contributed by atoms with van der Waals surface area (Å²) in [6.45, 7) is 2.24. The molecule has 0 heterocycles. The summed E-state index contributed by atoms with van der Waals surface area (Å²) in [6.07, 6.45) is 14.2. The first-order chi connectivity index (χ1) is 11.1. The lowest BCUT2D eigenvalue weighted by Crippen LogP contribution is -1.99. The van der Waals surface area contributed by atoms with Crippen LogP contribution in [0.4, 0.5) is 0 Å². The molecular weight excluding hydrogens is 288 g/mol. The zero-order valence-corrected chi connectivity index (χ0v) is 14.5. The van der Waals surface area contributed by atoms with Crippen LogP contribution in [0, 0.1) is 0 Å². The second-order valence-corrected chi connectivity index (χ2v) is 6.41. The summed E-state index contributed by atoms with van der Waals surface area (Å²) in [5.74, 6) is -0.115. The summed E-state index contributed by atoms with van der Waals surface area (Å²) in [6, 6.07) is 4.09. The van der Waals surface area contributed by atoms with Gasteiger partial charge in [0.1, 0.15) is 11.5 Å². The SMILES string of the molecule is CCCCCCCCCCCCCC(=O)c1cc(O)ccc1O. The number of ketones is 1. The Balaban J connectivity index is 2.02. The highest BCUT2D eigenvalue weighted by atomic mass is 16.3. The number of aromatic hydroxyl groups is 2. The van der Waals surface area contributed by atoms with Gasteiger partial charge < -0.3 is 10.2 Å². The molecule has 0 bridgehead atoms. The molecule has 130 valence electrons. The number of benzene rings is 1. The van der Waals surface area contributed by atoms with Gasteiger partial charge >= 0.3 is 0 Å². The van der Waals surface area contributed by atoms with E-state index in [1.54, 1.807) is 0 Å². The van der Waals surface area contributed by atoms with Crippen molar-refractivity contribution in [2.75, 3.05) is 0 Å². The molecule has 3 nitrogen and oxygen atoms in total. The van der Waals surface area contributed by atoms with Crippen LogP contribution in [0.1, 0.15) is 94.3 Å². The Morgan fingerprint density at radius 1 is 0.826 bits per heavy atom. The molecule has 0 atom stereocenters. The summed E-state index contributed by atoms with van der Waals surface area (Å²) < 4.78 is 0. The van der Waals surface area contributed by atoms with E-state index in [0.29, 0.717) is 6.42 Å². The summed E-state index contributed by atoms with van der Waals surface area (Å²) in [5.41, 5.74) is 0.233. The molecule has 2 N–H and O–H groups in total. The monoisotopic (exact) mass is 320 g/mol. The number of phenolic OH excluding ortho intramolecular Hbond substituents is 2. The second-order valence-electron chi connectivity index (χ2n) is 6.41. The highest BCUT2D eigenvalue weighted by Crippen LogP contribution is 2.24. The maximum Gasteiger partial charge on any atom is 0.166 e. The molecule has 0 aromatic heterocycles. The van der Waals surface area contributed by atoms with Gasteiger partial charge in [-0.3, -0.25) is 4.79 Å². The number of unbranched alkanes of at least 4 members (excludes halogenated alkanes) is 10. The minimum atomic E-state index is -0.0886. The summed E-state index contributed by atoms with van der Waals surface area (Å²) in [5, 5.41) is 19.0. The van der Waals surface area contributed by atoms with Gasteiger partial charge in [-0.1, -0.05) is 71.1 Å². The Labute approximate surface area is 140 Å². The number of rotatable bonds is 13.